The maximum Gasteiger partial charge on any atom is 0.224 e. The monoisotopic (exact) mass is 463 g/mol. The van der Waals surface area contributed by atoms with Gasteiger partial charge < -0.3 is 4.40 Å². The molecule has 2 nitrogen and oxygen atoms in total. The lowest BCUT2D eigenvalue weighted by atomic mass is 9.86. The largest absolute Gasteiger partial charge is 0.307 e. The van der Waals surface area contributed by atoms with E-state index in [1.807, 2.05) is 0 Å². The van der Waals surface area contributed by atoms with Crippen LogP contribution in [0.25, 0.3) is 49.0 Å². The number of benzene rings is 3. The molecule has 3 heteroatoms. The van der Waals surface area contributed by atoms with Crippen LogP contribution in [0.3, 0.4) is 0 Å². The molecule has 0 fully saturated rings. The summed E-state index contributed by atoms with van der Waals surface area (Å²) >= 11 is 0. The topological polar surface area (TPSA) is 8.29 Å². The third kappa shape index (κ3) is 2.96. The molecule has 0 bridgehead atoms. The normalized spacial score (nSPS) is 13.4. The van der Waals surface area contributed by atoms with Crippen molar-refractivity contribution < 1.29 is 4.57 Å². The Bertz CT molecular complexity index is 1760. The maximum absolute atomic E-state index is 2.60. The first-order valence-electron chi connectivity index (χ1n) is 12.5. The summed E-state index contributed by atoms with van der Waals surface area (Å²) in [5.41, 5.74) is 8.46. The number of pyridine rings is 2. The van der Waals surface area contributed by atoms with Crippen LogP contribution in [-0.2, 0) is 13.5 Å². The van der Waals surface area contributed by atoms with Crippen LogP contribution in [0.5, 0.6) is 0 Å². The second-order valence-electron chi connectivity index (χ2n) is 12.5. The van der Waals surface area contributed by atoms with Crippen LogP contribution < -0.4 is 9.75 Å². The SMILES string of the molecule is Cc1ccc2c3c(CC(C)(C)C)cccc3n3c4cc([Si](C)(C)C)cc5cc[n+](C)c(c1c23)c54. The van der Waals surface area contributed by atoms with Gasteiger partial charge in [-0.1, -0.05) is 75.9 Å². The zero-order valence-corrected chi connectivity index (χ0v) is 22.8. The van der Waals surface area contributed by atoms with Gasteiger partial charge in [0.1, 0.15) is 7.05 Å². The van der Waals surface area contributed by atoms with Crippen LogP contribution in [0.4, 0.5) is 0 Å². The summed E-state index contributed by atoms with van der Waals surface area (Å²) in [5.74, 6) is 0. The third-order valence-corrected chi connectivity index (χ3v) is 9.55. The Balaban J connectivity index is 1.97. The summed E-state index contributed by atoms with van der Waals surface area (Å²) in [4.78, 5) is 0. The molecule has 172 valence electrons. The van der Waals surface area contributed by atoms with E-state index in [-0.39, 0.29) is 5.41 Å². The second kappa shape index (κ2) is 6.82. The van der Waals surface area contributed by atoms with E-state index in [9.17, 15) is 0 Å². The first-order valence-corrected chi connectivity index (χ1v) is 16.0. The van der Waals surface area contributed by atoms with Gasteiger partial charge in [-0.3, -0.25) is 0 Å². The molecule has 0 saturated heterocycles. The maximum atomic E-state index is 2.60. The molecule has 0 aliphatic carbocycles. The molecule has 0 aliphatic heterocycles. The van der Waals surface area contributed by atoms with Crippen molar-refractivity contribution in [2.45, 2.75) is 53.8 Å². The van der Waals surface area contributed by atoms with Crippen LogP contribution in [0.2, 0.25) is 19.6 Å². The molecule has 0 amide bonds. The molecule has 3 heterocycles. The summed E-state index contributed by atoms with van der Waals surface area (Å²) in [7, 11) is 0.700. The second-order valence-corrected chi connectivity index (χ2v) is 17.6. The molecule has 0 radical (unpaired) electrons. The van der Waals surface area contributed by atoms with Crippen molar-refractivity contribution >= 4 is 62.3 Å². The Morgan fingerprint density at radius 3 is 2.35 bits per heavy atom. The van der Waals surface area contributed by atoms with Gasteiger partial charge in [-0.2, -0.15) is 0 Å². The number of fused-ring (bicyclic) bond motifs is 5. The highest BCUT2D eigenvalue weighted by Crippen LogP contribution is 2.42. The molecule has 6 rings (SSSR count). The predicted molar refractivity (Wildman–Crippen MR) is 151 cm³/mol. The fourth-order valence-electron chi connectivity index (χ4n) is 5.99. The quantitative estimate of drug-likeness (QED) is 0.111. The average molecular weight is 464 g/mol. The Morgan fingerprint density at radius 1 is 0.882 bits per heavy atom. The van der Waals surface area contributed by atoms with Crippen molar-refractivity contribution in [1.82, 2.24) is 4.40 Å². The van der Waals surface area contributed by atoms with Gasteiger partial charge in [-0.05, 0) is 47.4 Å². The lowest BCUT2D eigenvalue weighted by Crippen LogP contribution is -2.38. The molecule has 3 aromatic heterocycles. The number of aromatic nitrogens is 2. The molecule has 34 heavy (non-hydrogen) atoms. The lowest BCUT2D eigenvalue weighted by Gasteiger charge is -2.20. The standard InChI is InChI=1S/C31H35N2Si/c1-19-12-13-23-27-21(18-31(2,3)4)10-9-11-24(27)33-25-17-22(34(6,7)8)16-20-14-15-32(5)30(28(20)25)26(19)29(23)33/h9-17H,18H2,1-8H3/q+1. The number of aryl methyl sites for hydroxylation is 2. The Morgan fingerprint density at radius 2 is 1.65 bits per heavy atom. The zero-order chi connectivity index (χ0) is 24.2. The van der Waals surface area contributed by atoms with Crippen molar-refractivity contribution in [1.29, 1.82) is 0 Å². The molecule has 0 saturated carbocycles. The number of nitrogens with zero attached hydrogens (tertiary/aromatic N) is 2. The van der Waals surface area contributed by atoms with Crippen molar-refractivity contribution in [2.24, 2.45) is 12.5 Å². The summed E-state index contributed by atoms with van der Waals surface area (Å²) in [5, 5.41) is 8.46. The molecule has 0 aliphatic rings. The molecule has 0 spiro atoms. The van der Waals surface area contributed by atoms with Crippen LogP contribution in [-0.4, -0.2) is 12.5 Å². The average Bonchev–Trinajstić information content (AvgIpc) is 3.08. The minimum absolute atomic E-state index is 0.233. The molecule has 3 aromatic carbocycles. The lowest BCUT2D eigenvalue weighted by molar-refractivity contribution is -0.643. The van der Waals surface area contributed by atoms with Crippen molar-refractivity contribution in [2.75, 3.05) is 0 Å². The van der Waals surface area contributed by atoms with Crippen LogP contribution >= 0.6 is 0 Å². The van der Waals surface area contributed by atoms with Gasteiger partial charge in [0.15, 0.2) is 6.20 Å². The van der Waals surface area contributed by atoms with E-state index in [1.54, 1.807) is 0 Å². The molecule has 6 aromatic rings. The van der Waals surface area contributed by atoms with E-state index < -0.39 is 8.07 Å². The molecule has 0 unspecified atom stereocenters. The molecular weight excluding hydrogens is 428 g/mol. The third-order valence-electron chi connectivity index (χ3n) is 7.53. The van der Waals surface area contributed by atoms with Crippen molar-refractivity contribution in [3.05, 3.63) is 65.9 Å². The van der Waals surface area contributed by atoms with Gasteiger partial charge in [0.25, 0.3) is 0 Å². The summed E-state index contributed by atoms with van der Waals surface area (Å²) in [6.45, 7) is 16.7. The van der Waals surface area contributed by atoms with Crippen molar-refractivity contribution in [3.8, 4) is 0 Å². The van der Waals surface area contributed by atoms with Gasteiger partial charge in [0, 0.05) is 16.8 Å². The highest BCUT2D eigenvalue weighted by atomic mass is 28.3. The first kappa shape index (κ1) is 21.6. The summed E-state index contributed by atoms with van der Waals surface area (Å²) in [6.07, 6.45) is 3.31. The zero-order valence-electron chi connectivity index (χ0n) is 21.8. The summed E-state index contributed by atoms with van der Waals surface area (Å²) in [6, 6.07) is 18.9. The van der Waals surface area contributed by atoms with E-state index >= 15 is 0 Å². The van der Waals surface area contributed by atoms with E-state index in [2.05, 4.69) is 118 Å². The van der Waals surface area contributed by atoms with Gasteiger partial charge in [0.05, 0.1) is 35.4 Å². The van der Waals surface area contributed by atoms with Crippen LogP contribution in [0.1, 0.15) is 31.9 Å². The van der Waals surface area contributed by atoms with E-state index in [0.717, 1.165) is 6.42 Å². The summed E-state index contributed by atoms with van der Waals surface area (Å²) < 4.78 is 4.93. The molecule has 0 atom stereocenters. The Labute approximate surface area is 203 Å². The van der Waals surface area contributed by atoms with Crippen LogP contribution in [0, 0.1) is 12.3 Å². The number of hydrogen-bond donors (Lipinski definition) is 0. The van der Waals surface area contributed by atoms with Crippen molar-refractivity contribution in [3.63, 3.8) is 0 Å². The van der Waals surface area contributed by atoms with Gasteiger partial charge >= 0.3 is 0 Å². The van der Waals surface area contributed by atoms with Crippen LogP contribution in [0.15, 0.2) is 54.7 Å². The smallest absolute Gasteiger partial charge is 0.224 e. The van der Waals surface area contributed by atoms with E-state index in [1.165, 1.54) is 65.3 Å². The highest BCUT2D eigenvalue weighted by molar-refractivity contribution is 6.89. The number of hydrogen-bond acceptors (Lipinski definition) is 0. The van der Waals surface area contributed by atoms with E-state index in [4.69, 9.17) is 0 Å². The molecular formula is C31H35N2Si+. The van der Waals surface area contributed by atoms with Gasteiger partial charge in [0.2, 0.25) is 5.52 Å². The Kier molecular flexibility index (Phi) is 4.34. The minimum atomic E-state index is -1.50. The minimum Gasteiger partial charge on any atom is -0.307 e. The van der Waals surface area contributed by atoms with Gasteiger partial charge in [-0.25, -0.2) is 4.57 Å². The van der Waals surface area contributed by atoms with E-state index in [0.29, 0.717) is 0 Å². The predicted octanol–water partition coefficient (Wildman–Crippen LogP) is 7.26. The first-order chi connectivity index (χ1) is 16.0. The fourth-order valence-corrected chi connectivity index (χ4v) is 7.15. The number of rotatable bonds is 2. The Hall–Kier alpha value is -2.91. The molecule has 0 N–H and O–H groups in total. The fraction of sp³-hybridized carbons (Fsp3) is 0.323. The highest BCUT2D eigenvalue weighted by Gasteiger charge is 2.27. The van der Waals surface area contributed by atoms with Gasteiger partial charge in [-0.15, -0.1) is 0 Å².